The molecule has 0 radical (unpaired) electrons. The molecule has 27 heavy (non-hydrogen) atoms. The van der Waals surface area contributed by atoms with Crippen molar-refractivity contribution >= 4 is 27.5 Å². The Morgan fingerprint density at radius 2 is 1.96 bits per heavy atom. The highest BCUT2D eigenvalue weighted by atomic mass is 32.1. The van der Waals surface area contributed by atoms with Gasteiger partial charge in [0.1, 0.15) is 5.75 Å². The number of carbonyl (C=O) groups excluding carboxylic acids is 1. The number of amides is 1. The van der Waals surface area contributed by atoms with Crippen molar-refractivity contribution in [1.82, 2.24) is 15.2 Å². The highest BCUT2D eigenvalue weighted by Crippen LogP contribution is 2.21. The van der Waals surface area contributed by atoms with Crippen molar-refractivity contribution in [3.63, 3.8) is 0 Å². The lowest BCUT2D eigenvalue weighted by atomic mass is 10.2. The van der Waals surface area contributed by atoms with Crippen LogP contribution in [0.4, 0.5) is 0 Å². The van der Waals surface area contributed by atoms with Gasteiger partial charge in [0, 0.05) is 19.5 Å². The maximum absolute atomic E-state index is 12.2. The molecule has 6 heteroatoms. The second kappa shape index (κ2) is 9.48. The van der Waals surface area contributed by atoms with Crippen molar-refractivity contribution in [3.8, 4) is 5.75 Å². The number of likely N-dealkylation sites (N-methyl/N-ethyl adjacent to an activating group) is 1. The van der Waals surface area contributed by atoms with Crippen LogP contribution < -0.4 is 10.1 Å². The number of aromatic nitrogens is 1. The van der Waals surface area contributed by atoms with E-state index in [4.69, 9.17) is 4.74 Å². The summed E-state index contributed by atoms with van der Waals surface area (Å²) in [6.45, 7) is 4.33. The van der Waals surface area contributed by atoms with Gasteiger partial charge in [0.2, 0.25) is 5.91 Å². The van der Waals surface area contributed by atoms with E-state index in [1.165, 1.54) is 4.70 Å². The summed E-state index contributed by atoms with van der Waals surface area (Å²) in [7, 11) is 1.95. The Labute approximate surface area is 164 Å². The van der Waals surface area contributed by atoms with Gasteiger partial charge in [-0.3, -0.25) is 9.69 Å². The summed E-state index contributed by atoms with van der Waals surface area (Å²) < 4.78 is 6.64. The molecular weight excluding hydrogens is 358 g/mol. The zero-order valence-electron chi connectivity index (χ0n) is 15.8. The van der Waals surface area contributed by atoms with Crippen LogP contribution in [-0.2, 0) is 17.8 Å². The van der Waals surface area contributed by atoms with Gasteiger partial charge >= 0.3 is 0 Å². The number of ether oxygens (including phenoxy) is 1. The lowest BCUT2D eigenvalue weighted by Crippen LogP contribution is -2.35. The van der Waals surface area contributed by atoms with E-state index in [-0.39, 0.29) is 5.91 Å². The molecule has 0 saturated heterocycles. The lowest BCUT2D eigenvalue weighted by Gasteiger charge is -2.16. The highest BCUT2D eigenvalue weighted by molar-refractivity contribution is 7.18. The van der Waals surface area contributed by atoms with Crippen molar-refractivity contribution in [1.29, 1.82) is 0 Å². The van der Waals surface area contributed by atoms with Crippen LogP contribution in [0, 0.1) is 0 Å². The predicted molar refractivity (Wildman–Crippen MR) is 110 cm³/mol. The van der Waals surface area contributed by atoms with E-state index in [2.05, 4.69) is 16.4 Å². The van der Waals surface area contributed by atoms with Crippen molar-refractivity contribution in [2.75, 3.05) is 26.7 Å². The van der Waals surface area contributed by atoms with E-state index in [0.29, 0.717) is 19.7 Å². The Morgan fingerprint density at radius 1 is 1.19 bits per heavy atom. The van der Waals surface area contributed by atoms with Crippen LogP contribution in [0.2, 0.25) is 0 Å². The number of nitrogens with one attached hydrogen (secondary N) is 1. The Hall–Kier alpha value is -2.44. The standard InChI is InChI=1S/C21H25N3O2S/c1-3-26-17-10-8-16(9-11-17)14-24(2)15-20(25)22-13-12-21-23-18-6-4-5-7-19(18)27-21/h4-11H,3,12-15H2,1-2H3,(H,22,25). The largest absolute Gasteiger partial charge is 0.494 e. The summed E-state index contributed by atoms with van der Waals surface area (Å²) in [4.78, 5) is 18.8. The first-order valence-electron chi connectivity index (χ1n) is 9.15. The zero-order chi connectivity index (χ0) is 19.1. The molecule has 1 heterocycles. The lowest BCUT2D eigenvalue weighted by molar-refractivity contribution is -0.122. The fourth-order valence-corrected chi connectivity index (χ4v) is 3.83. The number of hydrogen-bond donors (Lipinski definition) is 1. The molecule has 0 aliphatic rings. The first-order valence-corrected chi connectivity index (χ1v) is 9.97. The van der Waals surface area contributed by atoms with Gasteiger partial charge in [-0.1, -0.05) is 24.3 Å². The Morgan fingerprint density at radius 3 is 2.70 bits per heavy atom. The van der Waals surface area contributed by atoms with Gasteiger partial charge in [-0.15, -0.1) is 11.3 Å². The molecule has 0 saturated carbocycles. The molecule has 0 atom stereocenters. The third-order valence-corrected chi connectivity index (χ3v) is 5.20. The van der Waals surface area contributed by atoms with Crippen LogP contribution in [0.1, 0.15) is 17.5 Å². The SMILES string of the molecule is CCOc1ccc(CN(C)CC(=O)NCCc2nc3ccccc3s2)cc1. The molecule has 0 spiro atoms. The normalized spacial score (nSPS) is 11.1. The summed E-state index contributed by atoms with van der Waals surface area (Å²) in [5.74, 6) is 0.904. The number of carbonyl (C=O) groups is 1. The van der Waals surface area contributed by atoms with Crippen LogP contribution in [0.25, 0.3) is 10.2 Å². The molecule has 1 aromatic heterocycles. The van der Waals surface area contributed by atoms with Crippen molar-refractivity contribution in [3.05, 3.63) is 59.1 Å². The molecule has 0 unspecified atom stereocenters. The third kappa shape index (κ3) is 5.77. The van der Waals surface area contributed by atoms with Crippen LogP contribution in [0.3, 0.4) is 0 Å². The van der Waals surface area contributed by atoms with Gasteiger partial charge in [0.25, 0.3) is 0 Å². The zero-order valence-corrected chi connectivity index (χ0v) is 16.6. The van der Waals surface area contributed by atoms with E-state index < -0.39 is 0 Å². The minimum atomic E-state index is 0.0320. The second-order valence-corrected chi connectivity index (χ2v) is 7.54. The quantitative estimate of drug-likeness (QED) is 0.615. The van der Waals surface area contributed by atoms with Crippen LogP contribution in [-0.4, -0.2) is 42.5 Å². The third-order valence-electron chi connectivity index (χ3n) is 4.10. The van der Waals surface area contributed by atoms with Gasteiger partial charge < -0.3 is 10.1 Å². The molecule has 3 rings (SSSR count). The molecule has 1 N–H and O–H groups in total. The van der Waals surface area contributed by atoms with Crippen LogP contribution in [0.5, 0.6) is 5.75 Å². The van der Waals surface area contributed by atoms with Gasteiger partial charge in [-0.05, 0) is 43.8 Å². The number of hydrogen-bond acceptors (Lipinski definition) is 5. The highest BCUT2D eigenvalue weighted by Gasteiger charge is 2.08. The molecule has 142 valence electrons. The van der Waals surface area contributed by atoms with Gasteiger partial charge in [-0.25, -0.2) is 4.98 Å². The summed E-state index contributed by atoms with van der Waals surface area (Å²) in [6, 6.07) is 16.1. The smallest absolute Gasteiger partial charge is 0.234 e. The minimum absolute atomic E-state index is 0.0320. The molecule has 2 aromatic carbocycles. The average molecular weight is 384 g/mol. The van der Waals surface area contributed by atoms with Gasteiger partial charge in [-0.2, -0.15) is 0 Å². The van der Waals surface area contributed by atoms with Crippen molar-refractivity contribution in [2.24, 2.45) is 0 Å². The number of thiazole rings is 1. The molecule has 0 aliphatic carbocycles. The average Bonchev–Trinajstić information content (AvgIpc) is 3.06. The van der Waals surface area contributed by atoms with Crippen molar-refractivity contribution < 1.29 is 9.53 Å². The number of rotatable bonds is 9. The van der Waals surface area contributed by atoms with Crippen molar-refractivity contribution in [2.45, 2.75) is 19.9 Å². The summed E-state index contributed by atoms with van der Waals surface area (Å²) in [5, 5.41) is 4.04. The van der Waals surface area contributed by atoms with Gasteiger partial charge in [0.05, 0.1) is 28.4 Å². The first kappa shape index (κ1) is 19.3. The monoisotopic (exact) mass is 383 g/mol. The van der Waals surface area contributed by atoms with E-state index in [0.717, 1.165) is 34.8 Å². The summed E-state index contributed by atoms with van der Waals surface area (Å²) >= 11 is 1.69. The number of nitrogens with zero attached hydrogens (tertiary/aromatic N) is 2. The van der Waals surface area contributed by atoms with E-state index >= 15 is 0 Å². The van der Waals surface area contributed by atoms with E-state index in [9.17, 15) is 4.79 Å². The molecule has 0 bridgehead atoms. The maximum Gasteiger partial charge on any atom is 0.234 e. The minimum Gasteiger partial charge on any atom is -0.494 e. The first-order chi connectivity index (χ1) is 13.1. The van der Waals surface area contributed by atoms with Crippen LogP contribution in [0.15, 0.2) is 48.5 Å². The molecule has 0 aliphatic heterocycles. The molecule has 3 aromatic rings. The van der Waals surface area contributed by atoms with Crippen LogP contribution >= 0.6 is 11.3 Å². The predicted octanol–water partition coefficient (Wildman–Crippen LogP) is 3.49. The molecule has 0 fully saturated rings. The number of benzene rings is 2. The van der Waals surface area contributed by atoms with E-state index in [1.54, 1.807) is 11.3 Å². The molecule has 5 nitrogen and oxygen atoms in total. The second-order valence-electron chi connectivity index (χ2n) is 6.42. The fraction of sp³-hybridized carbons (Fsp3) is 0.333. The topological polar surface area (TPSA) is 54.5 Å². The molecular formula is C21H25N3O2S. The number of fused-ring (bicyclic) bond motifs is 1. The Bertz CT molecular complexity index is 844. The van der Waals surface area contributed by atoms with E-state index in [1.807, 2.05) is 61.3 Å². The number of para-hydroxylation sites is 1. The fourth-order valence-electron chi connectivity index (χ4n) is 2.86. The maximum atomic E-state index is 12.2. The summed E-state index contributed by atoms with van der Waals surface area (Å²) in [6.07, 6.45) is 0.758. The molecule has 1 amide bonds. The Balaban J connectivity index is 1.40. The Kier molecular flexibility index (Phi) is 6.79. The van der Waals surface area contributed by atoms with Gasteiger partial charge in [0.15, 0.2) is 0 Å². The summed E-state index contributed by atoms with van der Waals surface area (Å²) in [5.41, 5.74) is 2.18.